The minimum atomic E-state index is -4.67. The molecule has 0 bridgehead atoms. The lowest BCUT2D eigenvalue weighted by Crippen LogP contribution is -2.43. The van der Waals surface area contributed by atoms with Crippen molar-refractivity contribution in [2.75, 3.05) is 20.3 Å². The Hall–Kier alpha value is -4.06. The summed E-state index contributed by atoms with van der Waals surface area (Å²) in [6.45, 7) is 1.91. The number of fused-ring (bicyclic) bond motifs is 2. The molecule has 2 aromatic heterocycles. The van der Waals surface area contributed by atoms with E-state index in [0.29, 0.717) is 33.8 Å². The Kier molecular flexibility index (Phi) is 7.11. The van der Waals surface area contributed by atoms with Gasteiger partial charge in [0.1, 0.15) is 17.7 Å². The van der Waals surface area contributed by atoms with Gasteiger partial charge in [0.15, 0.2) is 0 Å². The molecule has 5 N–H and O–H groups in total. The van der Waals surface area contributed by atoms with Crippen molar-refractivity contribution in [2.45, 2.75) is 18.9 Å². The molecule has 14 heteroatoms. The summed E-state index contributed by atoms with van der Waals surface area (Å²) in [5.41, 5.74) is 3.22. The molecule has 2 heterocycles. The summed E-state index contributed by atoms with van der Waals surface area (Å²) in [5, 5.41) is 11.4. The van der Waals surface area contributed by atoms with Crippen LogP contribution >= 0.6 is 7.60 Å². The first-order valence-corrected chi connectivity index (χ1v) is 13.3. The van der Waals surface area contributed by atoms with Crippen molar-refractivity contribution in [3.05, 3.63) is 59.2 Å². The largest absolute Gasteiger partial charge is 0.480 e. The van der Waals surface area contributed by atoms with Gasteiger partial charge in [-0.25, -0.2) is 14.8 Å². The SMILES string of the molecule is CC(c1nc2cc(C(=O)N(C)C)ccc2[nH]1)c1nc2ccc(C(=O)NC(CP(=O)(O)O)C(=O)O)cc2n1C. The maximum atomic E-state index is 12.7. The van der Waals surface area contributed by atoms with Crippen LogP contribution in [0.25, 0.3) is 22.1 Å². The molecule has 0 radical (unpaired) electrons. The number of aromatic amines is 1. The van der Waals surface area contributed by atoms with E-state index in [1.54, 1.807) is 50.0 Å². The van der Waals surface area contributed by atoms with Crippen molar-refractivity contribution >= 4 is 47.4 Å². The molecule has 4 aromatic rings. The predicted molar refractivity (Wildman–Crippen MR) is 138 cm³/mol. The number of H-pyrrole nitrogens is 1. The van der Waals surface area contributed by atoms with Crippen LogP contribution in [0.1, 0.15) is 45.2 Å². The summed E-state index contributed by atoms with van der Waals surface area (Å²) in [7, 11) is 0.460. The van der Waals surface area contributed by atoms with Gasteiger partial charge in [0.25, 0.3) is 11.8 Å². The molecule has 38 heavy (non-hydrogen) atoms. The summed E-state index contributed by atoms with van der Waals surface area (Å²) in [6, 6.07) is 8.10. The smallest absolute Gasteiger partial charge is 0.328 e. The zero-order valence-electron chi connectivity index (χ0n) is 21.0. The monoisotopic (exact) mass is 542 g/mol. The zero-order chi connectivity index (χ0) is 27.9. The highest BCUT2D eigenvalue weighted by atomic mass is 31.2. The molecule has 0 aliphatic heterocycles. The first-order valence-electron chi connectivity index (χ1n) is 11.5. The van der Waals surface area contributed by atoms with Crippen LogP contribution in [-0.4, -0.2) is 83.4 Å². The fraction of sp³-hybridized carbons (Fsp3) is 0.292. The number of carboxylic acids is 1. The van der Waals surface area contributed by atoms with Crippen LogP contribution < -0.4 is 5.32 Å². The number of aliphatic carboxylic acids is 1. The van der Waals surface area contributed by atoms with Crippen molar-refractivity contribution < 1.29 is 33.8 Å². The maximum Gasteiger partial charge on any atom is 0.328 e. The Morgan fingerprint density at radius 1 is 1.08 bits per heavy atom. The topological polar surface area (TPSA) is 191 Å². The van der Waals surface area contributed by atoms with Gasteiger partial charge in [-0.05, 0) is 43.3 Å². The van der Waals surface area contributed by atoms with Gasteiger partial charge >= 0.3 is 13.6 Å². The molecule has 0 saturated heterocycles. The first kappa shape index (κ1) is 27.0. The summed E-state index contributed by atoms with van der Waals surface area (Å²) in [6.07, 6.45) is -1.02. The third-order valence-electron chi connectivity index (χ3n) is 6.15. The molecule has 200 valence electrons. The molecule has 0 saturated carbocycles. The lowest BCUT2D eigenvalue weighted by atomic mass is 10.1. The zero-order valence-corrected chi connectivity index (χ0v) is 21.9. The summed E-state index contributed by atoms with van der Waals surface area (Å²) in [5.74, 6) is -1.48. The molecular weight excluding hydrogens is 515 g/mol. The maximum absolute atomic E-state index is 12.7. The lowest BCUT2D eigenvalue weighted by molar-refractivity contribution is -0.138. The molecule has 0 spiro atoms. The van der Waals surface area contributed by atoms with Gasteiger partial charge < -0.3 is 34.7 Å². The Labute approximate surface area is 216 Å². The van der Waals surface area contributed by atoms with Crippen LogP contribution in [0, 0.1) is 0 Å². The Balaban J connectivity index is 1.62. The van der Waals surface area contributed by atoms with Gasteiger partial charge in [-0.3, -0.25) is 14.2 Å². The van der Waals surface area contributed by atoms with Crippen LogP contribution in [0.15, 0.2) is 36.4 Å². The Bertz CT molecular complexity index is 1620. The fourth-order valence-electron chi connectivity index (χ4n) is 4.15. The number of nitrogens with one attached hydrogen (secondary N) is 2. The van der Waals surface area contributed by atoms with E-state index < -0.39 is 31.7 Å². The highest BCUT2D eigenvalue weighted by Gasteiger charge is 2.29. The second kappa shape index (κ2) is 10.0. The number of carboxylic acid groups (broad SMARTS) is 1. The molecular formula is C24H27N6O7P. The molecule has 2 amide bonds. The highest BCUT2D eigenvalue weighted by Crippen LogP contribution is 2.35. The number of rotatable bonds is 8. The van der Waals surface area contributed by atoms with Gasteiger partial charge in [0, 0.05) is 32.3 Å². The van der Waals surface area contributed by atoms with Crippen molar-refractivity contribution in [3.8, 4) is 0 Å². The van der Waals surface area contributed by atoms with E-state index in [1.807, 2.05) is 6.92 Å². The number of imidazole rings is 2. The van der Waals surface area contributed by atoms with Gasteiger partial charge in [-0.2, -0.15) is 0 Å². The molecule has 13 nitrogen and oxygen atoms in total. The summed E-state index contributed by atoms with van der Waals surface area (Å²) in [4.78, 5) is 68.7. The third kappa shape index (κ3) is 5.44. The molecule has 2 atom stereocenters. The molecule has 2 aromatic carbocycles. The number of nitrogens with zero attached hydrogens (tertiary/aromatic N) is 4. The van der Waals surface area contributed by atoms with Crippen LogP contribution in [0.3, 0.4) is 0 Å². The van der Waals surface area contributed by atoms with Crippen molar-refractivity contribution in [3.63, 3.8) is 0 Å². The van der Waals surface area contributed by atoms with E-state index in [1.165, 1.54) is 17.0 Å². The number of carbonyl (C=O) groups is 3. The molecule has 4 rings (SSSR count). The van der Waals surface area contributed by atoms with Crippen molar-refractivity contribution in [1.29, 1.82) is 0 Å². The quantitative estimate of drug-likeness (QED) is 0.206. The number of carbonyl (C=O) groups excluding carboxylic acids is 2. The number of benzene rings is 2. The van der Waals surface area contributed by atoms with Gasteiger partial charge in [0.2, 0.25) is 0 Å². The standard InChI is InChI=1S/C24H27N6O7P/c1-12(20-25-15-7-6-14(9-17(15)26-20)23(32)29(2)3)21-27-16-8-5-13(10-19(16)30(21)4)22(31)28-18(24(33)34)11-38(35,36)37/h5-10,12,18H,11H2,1-4H3,(H,25,26)(H,28,31)(H,33,34)(H2,35,36,37). The Morgan fingerprint density at radius 2 is 1.76 bits per heavy atom. The number of aromatic nitrogens is 4. The fourth-order valence-corrected chi connectivity index (χ4v) is 4.87. The van der Waals surface area contributed by atoms with E-state index >= 15 is 0 Å². The van der Waals surface area contributed by atoms with E-state index in [9.17, 15) is 24.1 Å². The lowest BCUT2D eigenvalue weighted by Gasteiger charge is -2.15. The minimum absolute atomic E-state index is 0.110. The van der Waals surface area contributed by atoms with Gasteiger partial charge in [-0.15, -0.1) is 0 Å². The van der Waals surface area contributed by atoms with E-state index in [0.717, 1.165) is 5.52 Å². The van der Waals surface area contributed by atoms with E-state index in [2.05, 4.69) is 20.3 Å². The van der Waals surface area contributed by atoms with E-state index in [4.69, 9.17) is 9.79 Å². The third-order valence-corrected chi connectivity index (χ3v) is 6.99. The summed E-state index contributed by atoms with van der Waals surface area (Å²) >= 11 is 0. The number of amides is 2. The van der Waals surface area contributed by atoms with Crippen molar-refractivity contribution in [2.24, 2.45) is 7.05 Å². The number of hydrogen-bond acceptors (Lipinski definition) is 6. The van der Waals surface area contributed by atoms with Crippen molar-refractivity contribution in [1.82, 2.24) is 29.7 Å². The molecule has 0 aliphatic carbocycles. The highest BCUT2D eigenvalue weighted by molar-refractivity contribution is 7.51. The second-order valence-electron chi connectivity index (χ2n) is 9.22. The first-order chi connectivity index (χ1) is 17.7. The van der Waals surface area contributed by atoms with Gasteiger partial charge in [-0.1, -0.05) is 0 Å². The second-order valence-corrected chi connectivity index (χ2v) is 10.9. The Morgan fingerprint density at radius 3 is 2.39 bits per heavy atom. The number of aryl methyl sites for hydroxylation is 1. The summed E-state index contributed by atoms with van der Waals surface area (Å²) < 4.78 is 13.0. The average molecular weight is 542 g/mol. The van der Waals surface area contributed by atoms with Gasteiger partial charge in [0.05, 0.1) is 34.1 Å². The molecule has 0 fully saturated rings. The van der Waals surface area contributed by atoms with Crippen LogP contribution in [0.5, 0.6) is 0 Å². The van der Waals surface area contributed by atoms with Crippen LogP contribution in [-0.2, 0) is 16.4 Å². The van der Waals surface area contributed by atoms with Crippen LogP contribution in [0.2, 0.25) is 0 Å². The number of hydrogen-bond donors (Lipinski definition) is 5. The molecule has 0 aliphatic rings. The normalized spacial score (nSPS) is 13.4. The van der Waals surface area contributed by atoms with Crippen LogP contribution in [0.4, 0.5) is 0 Å². The average Bonchev–Trinajstić information content (AvgIpc) is 3.42. The van der Waals surface area contributed by atoms with E-state index in [-0.39, 0.29) is 17.4 Å². The molecule has 2 unspecified atom stereocenters. The minimum Gasteiger partial charge on any atom is -0.480 e. The predicted octanol–water partition coefficient (Wildman–Crippen LogP) is 1.66.